The Labute approximate surface area is 127 Å². The van der Waals surface area contributed by atoms with Crippen LogP contribution in [0.2, 0.25) is 5.02 Å². The molecule has 1 atom stereocenters. The number of carbonyl (C=O) groups is 1. The minimum atomic E-state index is -0.863. The summed E-state index contributed by atoms with van der Waals surface area (Å²) in [6.07, 6.45) is 0.504. The first-order valence-corrected chi connectivity index (χ1v) is 6.90. The van der Waals surface area contributed by atoms with E-state index >= 15 is 0 Å². The van der Waals surface area contributed by atoms with Gasteiger partial charge in [-0.2, -0.15) is 0 Å². The number of likely N-dealkylation sites (N-methyl/N-ethyl adjacent to an activating group) is 1. The van der Waals surface area contributed by atoms with Crippen molar-refractivity contribution in [2.24, 2.45) is 0 Å². The summed E-state index contributed by atoms with van der Waals surface area (Å²) in [6.45, 7) is 2.10. The Morgan fingerprint density at radius 2 is 2.05 bits per heavy atom. The van der Waals surface area contributed by atoms with Crippen molar-refractivity contribution >= 4 is 17.6 Å². The fourth-order valence-electron chi connectivity index (χ4n) is 2.02. The van der Waals surface area contributed by atoms with Crippen molar-refractivity contribution in [3.05, 3.63) is 35.2 Å². The van der Waals surface area contributed by atoms with Gasteiger partial charge in [0.15, 0.2) is 0 Å². The number of carboxylic acid groups (broad SMARTS) is 1. The number of rotatable bonds is 6. The van der Waals surface area contributed by atoms with Gasteiger partial charge in [-0.25, -0.2) is 0 Å². The molecule has 21 heavy (non-hydrogen) atoms. The second kappa shape index (κ2) is 6.69. The molecule has 1 N–H and O–H groups in total. The zero-order valence-electron chi connectivity index (χ0n) is 11.8. The van der Waals surface area contributed by atoms with Crippen molar-refractivity contribution < 1.29 is 14.3 Å². The van der Waals surface area contributed by atoms with Crippen molar-refractivity contribution in [1.82, 2.24) is 15.1 Å². The molecule has 0 saturated heterocycles. The molecule has 0 aliphatic carbocycles. The number of aliphatic carboxylic acids is 1. The predicted octanol–water partition coefficient (Wildman–Crippen LogP) is 2.69. The van der Waals surface area contributed by atoms with Crippen LogP contribution in [0.1, 0.15) is 19.2 Å². The van der Waals surface area contributed by atoms with E-state index in [2.05, 4.69) is 10.2 Å². The third-order valence-corrected chi connectivity index (χ3v) is 3.40. The van der Waals surface area contributed by atoms with Crippen LogP contribution in [-0.4, -0.2) is 39.3 Å². The van der Waals surface area contributed by atoms with Crippen LogP contribution in [0.25, 0.3) is 11.5 Å². The summed E-state index contributed by atoms with van der Waals surface area (Å²) in [6, 6.07) is 6.48. The quantitative estimate of drug-likeness (QED) is 0.883. The number of halogens is 1. The molecule has 1 aromatic carbocycles. The Kier molecular flexibility index (Phi) is 4.93. The SMILES string of the molecule is CCC(C(=O)O)N(C)Cc1nnc(-c2ccc(Cl)cc2)o1. The van der Waals surface area contributed by atoms with Crippen LogP contribution in [0.4, 0.5) is 0 Å². The smallest absolute Gasteiger partial charge is 0.320 e. The summed E-state index contributed by atoms with van der Waals surface area (Å²) in [5, 5.41) is 17.7. The lowest BCUT2D eigenvalue weighted by atomic mass is 10.2. The molecule has 112 valence electrons. The van der Waals surface area contributed by atoms with E-state index in [1.807, 2.05) is 6.92 Å². The monoisotopic (exact) mass is 309 g/mol. The van der Waals surface area contributed by atoms with Crippen molar-refractivity contribution in [2.75, 3.05) is 7.05 Å². The molecule has 1 heterocycles. The molecule has 6 nitrogen and oxygen atoms in total. The zero-order chi connectivity index (χ0) is 15.4. The van der Waals surface area contributed by atoms with Gasteiger partial charge in [-0.15, -0.1) is 10.2 Å². The number of hydrogen-bond donors (Lipinski definition) is 1. The third-order valence-electron chi connectivity index (χ3n) is 3.15. The Balaban J connectivity index is 2.09. The molecule has 0 aliphatic heterocycles. The van der Waals surface area contributed by atoms with Crippen LogP contribution in [-0.2, 0) is 11.3 Å². The van der Waals surface area contributed by atoms with Gasteiger partial charge in [-0.05, 0) is 37.7 Å². The molecular weight excluding hydrogens is 294 g/mol. The first kappa shape index (κ1) is 15.5. The molecule has 0 radical (unpaired) electrons. The van der Waals surface area contributed by atoms with E-state index < -0.39 is 12.0 Å². The van der Waals surface area contributed by atoms with Gasteiger partial charge in [0.1, 0.15) is 6.04 Å². The van der Waals surface area contributed by atoms with Gasteiger partial charge in [0.25, 0.3) is 0 Å². The molecule has 0 fully saturated rings. The molecule has 1 aromatic heterocycles. The standard InChI is InChI=1S/C14H16ClN3O3/c1-3-11(14(19)20)18(2)8-12-16-17-13(21-12)9-4-6-10(15)7-5-9/h4-7,11H,3,8H2,1-2H3,(H,19,20). The molecule has 1 unspecified atom stereocenters. The minimum Gasteiger partial charge on any atom is -0.480 e. The van der Waals surface area contributed by atoms with Gasteiger partial charge >= 0.3 is 5.97 Å². The number of carboxylic acids is 1. The molecule has 7 heteroatoms. The maximum atomic E-state index is 11.1. The van der Waals surface area contributed by atoms with Crippen molar-refractivity contribution in [3.8, 4) is 11.5 Å². The maximum Gasteiger partial charge on any atom is 0.320 e. The summed E-state index contributed by atoms with van der Waals surface area (Å²) in [5.74, 6) is -0.0990. The van der Waals surface area contributed by atoms with Crippen LogP contribution in [0.3, 0.4) is 0 Å². The largest absolute Gasteiger partial charge is 0.480 e. The lowest BCUT2D eigenvalue weighted by Crippen LogP contribution is -2.37. The van der Waals surface area contributed by atoms with Gasteiger partial charge in [-0.1, -0.05) is 18.5 Å². The number of hydrogen-bond acceptors (Lipinski definition) is 5. The van der Waals surface area contributed by atoms with Crippen LogP contribution in [0, 0.1) is 0 Å². The molecule has 0 amide bonds. The molecular formula is C14H16ClN3O3. The van der Waals surface area contributed by atoms with Gasteiger partial charge in [0, 0.05) is 10.6 Å². The fourth-order valence-corrected chi connectivity index (χ4v) is 2.15. The van der Waals surface area contributed by atoms with E-state index in [0.29, 0.717) is 23.2 Å². The first-order chi connectivity index (χ1) is 10.0. The normalized spacial score (nSPS) is 12.6. The highest BCUT2D eigenvalue weighted by Gasteiger charge is 2.22. The highest BCUT2D eigenvalue weighted by Crippen LogP contribution is 2.20. The molecule has 0 saturated carbocycles. The van der Waals surface area contributed by atoms with E-state index in [1.54, 1.807) is 36.2 Å². The number of nitrogens with zero attached hydrogens (tertiary/aromatic N) is 3. The molecule has 0 bridgehead atoms. The zero-order valence-corrected chi connectivity index (χ0v) is 12.5. The molecule has 2 rings (SSSR count). The molecule has 0 spiro atoms. The van der Waals surface area contributed by atoms with Crippen LogP contribution >= 0.6 is 11.6 Å². The van der Waals surface area contributed by atoms with Gasteiger partial charge in [0.2, 0.25) is 11.8 Å². The summed E-state index contributed by atoms with van der Waals surface area (Å²) in [7, 11) is 1.72. The third kappa shape index (κ3) is 3.80. The summed E-state index contributed by atoms with van der Waals surface area (Å²) in [4.78, 5) is 12.8. The Morgan fingerprint density at radius 1 is 1.38 bits per heavy atom. The van der Waals surface area contributed by atoms with Crippen LogP contribution < -0.4 is 0 Å². The summed E-state index contributed by atoms with van der Waals surface area (Å²) < 4.78 is 5.55. The van der Waals surface area contributed by atoms with E-state index in [-0.39, 0.29) is 6.54 Å². The van der Waals surface area contributed by atoms with E-state index in [9.17, 15) is 4.79 Å². The lowest BCUT2D eigenvalue weighted by molar-refractivity contribution is -0.143. The van der Waals surface area contributed by atoms with Crippen LogP contribution in [0.15, 0.2) is 28.7 Å². The summed E-state index contributed by atoms with van der Waals surface area (Å²) >= 11 is 5.82. The maximum absolute atomic E-state index is 11.1. The van der Waals surface area contributed by atoms with Crippen LogP contribution in [0.5, 0.6) is 0 Å². The Hall–Kier alpha value is -1.92. The van der Waals surface area contributed by atoms with Gasteiger partial charge in [-0.3, -0.25) is 9.69 Å². The number of benzene rings is 1. The summed E-state index contributed by atoms with van der Waals surface area (Å²) in [5.41, 5.74) is 0.770. The Bertz CT molecular complexity index is 612. The predicted molar refractivity (Wildman–Crippen MR) is 77.9 cm³/mol. The second-order valence-corrected chi connectivity index (χ2v) is 5.12. The average molecular weight is 310 g/mol. The fraction of sp³-hybridized carbons (Fsp3) is 0.357. The average Bonchev–Trinajstić information content (AvgIpc) is 2.88. The van der Waals surface area contributed by atoms with Crippen molar-refractivity contribution in [3.63, 3.8) is 0 Å². The van der Waals surface area contributed by atoms with Gasteiger partial charge in [0.05, 0.1) is 6.54 Å². The highest BCUT2D eigenvalue weighted by molar-refractivity contribution is 6.30. The van der Waals surface area contributed by atoms with Gasteiger partial charge < -0.3 is 9.52 Å². The lowest BCUT2D eigenvalue weighted by Gasteiger charge is -2.21. The van der Waals surface area contributed by atoms with E-state index in [1.165, 1.54) is 0 Å². The van der Waals surface area contributed by atoms with Crippen molar-refractivity contribution in [1.29, 1.82) is 0 Å². The van der Waals surface area contributed by atoms with E-state index in [0.717, 1.165) is 5.56 Å². The minimum absolute atomic E-state index is 0.283. The first-order valence-electron chi connectivity index (χ1n) is 6.52. The number of aromatic nitrogens is 2. The Morgan fingerprint density at radius 3 is 2.62 bits per heavy atom. The van der Waals surface area contributed by atoms with Crippen molar-refractivity contribution in [2.45, 2.75) is 25.9 Å². The topological polar surface area (TPSA) is 79.5 Å². The molecule has 2 aromatic rings. The molecule has 0 aliphatic rings. The highest BCUT2D eigenvalue weighted by atomic mass is 35.5. The van der Waals surface area contributed by atoms with E-state index in [4.69, 9.17) is 21.1 Å². The second-order valence-electron chi connectivity index (χ2n) is 4.69.